The molecule has 1 aliphatic heterocycles. The molecule has 0 aromatic heterocycles. The zero-order valence-corrected chi connectivity index (χ0v) is 10.9. The van der Waals surface area contributed by atoms with Crippen molar-refractivity contribution >= 4 is 10.8 Å². The molecule has 1 atom stereocenters. The van der Waals surface area contributed by atoms with Crippen LogP contribution in [0.2, 0.25) is 0 Å². The number of benzene rings is 2. The fourth-order valence-corrected chi connectivity index (χ4v) is 2.75. The Hall–Kier alpha value is -1.38. The average Bonchev–Trinajstić information content (AvgIpc) is 2.39. The standard InChI is InChI=1S/C16H20N2/c1-13-11-18(9-8-17-13)12-14-6-7-15-4-2-3-5-16(15)10-14/h2-7,10,13,17H,8-9,11-12H2,1H3/t13-/m1/s1. The quantitative estimate of drug-likeness (QED) is 0.868. The van der Waals surface area contributed by atoms with Crippen LogP contribution in [0.3, 0.4) is 0 Å². The van der Waals surface area contributed by atoms with Gasteiger partial charge in [-0.3, -0.25) is 4.90 Å². The van der Waals surface area contributed by atoms with Gasteiger partial charge < -0.3 is 5.32 Å². The fourth-order valence-electron chi connectivity index (χ4n) is 2.75. The molecule has 1 N–H and O–H groups in total. The molecule has 3 rings (SSSR count). The van der Waals surface area contributed by atoms with Crippen LogP contribution >= 0.6 is 0 Å². The van der Waals surface area contributed by atoms with Crippen LogP contribution in [0.15, 0.2) is 42.5 Å². The summed E-state index contributed by atoms with van der Waals surface area (Å²) in [5.74, 6) is 0. The van der Waals surface area contributed by atoms with Crippen molar-refractivity contribution in [3.8, 4) is 0 Å². The normalized spacial score (nSPS) is 21.3. The zero-order valence-electron chi connectivity index (χ0n) is 10.9. The van der Waals surface area contributed by atoms with E-state index in [4.69, 9.17) is 0 Å². The minimum atomic E-state index is 0.610. The minimum Gasteiger partial charge on any atom is -0.312 e. The van der Waals surface area contributed by atoms with E-state index in [0.29, 0.717) is 6.04 Å². The number of hydrogen-bond acceptors (Lipinski definition) is 2. The van der Waals surface area contributed by atoms with Gasteiger partial charge in [-0.1, -0.05) is 36.4 Å². The number of piperazine rings is 1. The van der Waals surface area contributed by atoms with Crippen molar-refractivity contribution in [3.63, 3.8) is 0 Å². The van der Waals surface area contributed by atoms with Crippen LogP contribution in [0.5, 0.6) is 0 Å². The monoisotopic (exact) mass is 240 g/mol. The van der Waals surface area contributed by atoms with Gasteiger partial charge in [0.2, 0.25) is 0 Å². The molecule has 0 bridgehead atoms. The molecule has 1 aliphatic rings. The van der Waals surface area contributed by atoms with Crippen molar-refractivity contribution < 1.29 is 0 Å². The van der Waals surface area contributed by atoms with E-state index in [2.05, 4.69) is 59.6 Å². The van der Waals surface area contributed by atoms with Gasteiger partial charge in [-0.25, -0.2) is 0 Å². The first-order chi connectivity index (χ1) is 8.81. The van der Waals surface area contributed by atoms with Gasteiger partial charge in [0.15, 0.2) is 0 Å². The summed E-state index contributed by atoms with van der Waals surface area (Å²) in [7, 11) is 0. The van der Waals surface area contributed by atoms with Crippen molar-refractivity contribution in [3.05, 3.63) is 48.0 Å². The smallest absolute Gasteiger partial charge is 0.0235 e. The van der Waals surface area contributed by atoms with Crippen molar-refractivity contribution in [2.45, 2.75) is 19.5 Å². The van der Waals surface area contributed by atoms with Crippen molar-refractivity contribution in [1.29, 1.82) is 0 Å². The largest absolute Gasteiger partial charge is 0.312 e. The van der Waals surface area contributed by atoms with E-state index in [1.54, 1.807) is 0 Å². The molecule has 1 fully saturated rings. The second-order valence-corrected chi connectivity index (χ2v) is 5.27. The lowest BCUT2D eigenvalue weighted by molar-refractivity contribution is 0.200. The van der Waals surface area contributed by atoms with Gasteiger partial charge in [-0.2, -0.15) is 0 Å². The molecule has 2 aromatic carbocycles. The summed E-state index contributed by atoms with van der Waals surface area (Å²) in [4.78, 5) is 2.53. The Morgan fingerprint density at radius 3 is 2.83 bits per heavy atom. The molecule has 0 aliphatic carbocycles. The molecule has 1 saturated heterocycles. The number of nitrogens with zero attached hydrogens (tertiary/aromatic N) is 1. The van der Waals surface area contributed by atoms with Crippen molar-refractivity contribution in [1.82, 2.24) is 10.2 Å². The third-order valence-corrected chi connectivity index (χ3v) is 3.67. The highest BCUT2D eigenvalue weighted by molar-refractivity contribution is 5.82. The van der Waals surface area contributed by atoms with Crippen LogP contribution in [-0.2, 0) is 6.54 Å². The maximum Gasteiger partial charge on any atom is 0.0235 e. The lowest BCUT2D eigenvalue weighted by Gasteiger charge is -2.31. The maximum atomic E-state index is 3.49. The van der Waals surface area contributed by atoms with E-state index in [1.165, 1.54) is 16.3 Å². The topological polar surface area (TPSA) is 15.3 Å². The predicted octanol–water partition coefficient (Wildman–Crippen LogP) is 2.63. The Morgan fingerprint density at radius 2 is 2.00 bits per heavy atom. The Kier molecular flexibility index (Phi) is 3.31. The van der Waals surface area contributed by atoms with Crippen LogP contribution in [0.25, 0.3) is 10.8 Å². The van der Waals surface area contributed by atoms with E-state index in [9.17, 15) is 0 Å². The number of nitrogens with one attached hydrogen (secondary N) is 1. The van der Waals surface area contributed by atoms with E-state index < -0.39 is 0 Å². The summed E-state index contributed by atoms with van der Waals surface area (Å²) in [5.41, 5.74) is 1.42. The van der Waals surface area contributed by atoms with Crippen LogP contribution in [0.4, 0.5) is 0 Å². The van der Waals surface area contributed by atoms with Gasteiger partial charge >= 0.3 is 0 Å². The number of hydrogen-bond donors (Lipinski definition) is 1. The zero-order chi connectivity index (χ0) is 12.4. The van der Waals surface area contributed by atoms with Crippen LogP contribution in [0, 0.1) is 0 Å². The molecule has 2 aromatic rings. The first kappa shape index (κ1) is 11.7. The molecule has 0 saturated carbocycles. The van der Waals surface area contributed by atoms with E-state index in [1.807, 2.05) is 0 Å². The highest BCUT2D eigenvalue weighted by atomic mass is 15.2. The van der Waals surface area contributed by atoms with Gasteiger partial charge in [0.25, 0.3) is 0 Å². The summed E-state index contributed by atoms with van der Waals surface area (Å²) in [5, 5.41) is 6.16. The third-order valence-electron chi connectivity index (χ3n) is 3.67. The summed E-state index contributed by atoms with van der Waals surface area (Å²) >= 11 is 0. The van der Waals surface area contributed by atoms with Crippen LogP contribution in [-0.4, -0.2) is 30.6 Å². The molecule has 0 radical (unpaired) electrons. The second kappa shape index (κ2) is 5.09. The molecular weight excluding hydrogens is 220 g/mol. The van der Waals surface area contributed by atoms with Crippen molar-refractivity contribution in [2.24, 2.45) is 0 Å². The van der Waals surface area contributed by atoms with Gasteiger partial charge in [-0.05, 0) is 29.3 Å². The summed E-state index contributed by atoms with van der Waals surface area (Å²) in [6.07, 6.45) is 0. The van der Waals surface area contributed by atoms with Crippen LogP contribution < -0.4 is 5.32 Å². The summed E-state index contributed by atoms with van der Waals surface area (Å²) in [6, 6.07) is 16.0. The average molecular weight is 240 g/mol. The van der Waals surface area contributed by atoms with Crippen molar-refractivity contribution in [2.75, 3.05) is 19.6 Å². The second-order valence-electron chi connectivity index (χ2n) is 5.27. The Balaban J connectivity index is 1.78. The molecule has 2 heteroatoms. The Labute approximate surface area is 109 Å². The van der Waals surface area contributed by atoms with E-state index in [0.717, 1.165) is 26.2 Å². The van der Waals surface area contributed by atoms with Gasteiger partial charge in [0.05, 0.1) is 0 Å². The summed E-state index contributed by atoms with van der Waals surface area (Å²) in [6.45, 7) is 6.72. The molecule has 0 spiro atoms. The molecule has 2 nitrogen and oxygen atoms in total. The van der Waals surface area contributed by atoms with Gasteiger partial charge in [0, 0.05) is 32.2 Å². The fraction of sp³-hybridized carbons (Fsp3) is 0.375. The summed E-state index contributed by atoms with van der Waals surface area (Å²) < 4.78 is 0. The Bertz CT molecular complexity index is 535. The first-order valence-corrected chi connectivity index (χ1v) is 6.75. The highest BCUT2D eigenvalue weighted by Crippen LogP contribution is 2.17. The molecule has 94 valence electrons. The number of fused-ring (bicyclic) bond motifs is 1. The third kappa shape index (κ3) is 2.55. The molecule has 18 heavy (non-hydrogen) atoms. The Morgan fingerprint density at radius 1 is 1.17 bits per heavy atom. The minimum absolute atomic E-state index is 0.610. The molecular formula is C16H20N2. The van der Waals surface area contributed by atoms with E-state index in [-0.39, 0.29) is 0 Å². The maximum absolute atomic E-state index is 3.49. The lowest BCUT2D eigenvalue weighted by atomic mass is 10.1. The highest BCUT2D eigenvalue weighted by Gasteiger charge is 2.15. The SMILES string of the molecule is C[C@@H]1CN(Cc2ccc3ccccc3c2)CCN1. The van der Waals surface area contributed by atoms with Gasteiger partial charge in [0.1, 0.15) is 0 Å². The lowest BCUT2D eigenvalue weighted by Crippen LogP contribution is -2.48. The molecule has 0 unspecified atom stereocenters. The predicted molar refractivity (Wildman–Crippen MR) is 76.7 cm³/mol. The van der Waals surface area contributed by atoms with Crippen LogP contribution in [0.1, 0.15) is 12.5 Å². The van der Waals surface area contributed by atoms with E-state index >= 15 is 0 Å². The molecule has 1 heterocycles. The van der Waals surface area contributed by atoms with Gasteiger partial charge in [-0.15, -0.1) is 0 Å². The number of rotatable bonds is 2. The molecule has 0 amide bonds. The first-order valence-electron chi connectivity index (χ1n) is 6.75.